The molecule has 164 valence electrons. The lowest BCUT2D eigenvalue weighted by molar-refractivity contribution is -0.120. The number of amides is 1. The molecule has 1 amide bonds. The molecule has 0 aliphatic rings. The standard InChI is InChI=1S/C25H35NO4/c1-16-11-19(25(3,4)5)12-17(2)20(16)9-10-26-23(27)15-18-13-21(28-6)24(30-8)22(14-18)29-7/h11-14H,9-10,15H2,1-8H3,(H,26,27). The lowest BCUT2D eigenvalue weighted by Crippen LogP contribution is -2.27. The van der Waals surface area contributed by atoms with Gasteiger partial charge in [-0.25, -0.2) is 0 Å². The van der Waals surface area contributed by atoms with E-state index in [0.717, 1.165) is 12.0 Å². The molecule has 1 N–H and O–H groups in total. The first-order valence-electron chi connectivity index (χ1n) is 10.3. The number of carbonyl (C=O) groups excluding carboxylic acids is 1. The summed E-state index contributed by atoms with van der Waals surface area (Å²) < 4.78 is 16.1. The molecular weight excluding hydrogens is 378 g/mol. The number of nitrogens with one attached hydrogen (secondary N) is 1. The van der Waals surface area contributed by atoms with Crippen molar-refractivity contribution >= 4 is 5.91 Å². The molecule has 5 heteroatoms. The number of carbonyl (C=O) groups is 1. The van der Waals surface area contributed by atoms with Crippen LogP contribution in [0.4, 0.5) is 0 Å². The van der Waals surface area contributed by atoms with Crippen LogP contribution in [0.15, 0.2) is 24.3 Å². The fourth-order valence-electron chi connectivity index (χ4n) is 3.63. The number of hydrogen-bond donors (Lipinski definition) is 1. The minimum atomic E-state index is -0.0362. The van der Waals surface area contributed by atoms with Gasteiger partial charge in [-0.3, -0.25) is 4.79 Å². The van der Waals surface area contributed by atoms with Crippen molar-refractivity contribution in [3.63, 3.8) is 0 Å². The third-order valence-electron chi connectivity index (χ3n) is 5.35. The van der Waals surface area contributed by atoms with Gasteiger partial charge in [0.25, 0.3) is 0 Å². The van der Waals surface area contributed by atoms with Gasteiger partial charge in [-0.05, 0) is 65.6 Å². The molecule has 0 fully saturated rings. The first-order valence-corrected chi connectivity index (χ1v) is 10.3. The molecule has 0 bridgehead atoms. The second kappa shape index (κ2) is 9.88. The zero-order valence-corrected chi connectivity index (χ0v) is 19.6. The molecule has 0 spiro atoms. The second-order valence-corrected chi connectivity index (χ2v) is 8.65. The van der Waals surface area contributed by atoms with E-state index >= 15 is 0 Å². The Morgan fingerprint density at radius 2 is 1.43 bits per heavy atom. The Balaban J connectivity index is 2.03. The van der Waals surface area contributed by atoms with Crippen molar-refractivity contribution in [1.29, 1.82) is 0 Å². The second-order valence-electron chi connectivity index (χ2n) is 8.65. The lowest BCUT2D eigenvalue weighted by Gasteiger charge is -2.22. The average molecular weight is 414 g/mol. The van der Waals surface area contributed by atoms with E-state index in [1.165, 1.54) is 22.3 Å². The SMILES string of the molecule is COc1cc(CC(=O)NCCc2c(C)cc(C(C)(C)C)cc2C)cc(OC)c1OC. The third-order valence-corrected chi connectivity index (χ3v) is 5.35. The highest BCUT2D eigenvalue weighted by atomic mass is 16.5. The predicted molar refractivity (Wildman–Crippen MR) is 121 cm³/mol. The number of hydrogen-bond acceptors (Lipinski definition) is 4. The van der Waals surface area contributed by atoms with Crippen LogP contribution in [-0.4, -0.2) is 33.8 Å². The smallest absolute Gasteiger partial charge is 0.224 e. The topological polar surface area (TPSA) is 56.8 Å². The Hall–Kier alpha value is -2.69. The van der Waals surface area contributed by atoms with Crippen molar-refractivity contribution in [3.05, 3.63) is 52.1 Å². The van der Waals surface area contributed by atoms with Gasteiger partial charge in [0.1, 0.15) is 0 Å². The van der Waals surface area contributed by atoms with E-state index in [2.05, 4.69) is 52.1 Å². The highest BCUT2D eigenvalue weighted by molar-refractivity contribution is 5.79. The molecule has 0 aromatic heterocycles. The highest BCUT2D eigenvalue weighted by Gasteiger charge is 2.17. The number of aryl methyl sites for hydroxylation is 2. The van der Waals surface area contributed by atoms with Crippen LogP contribution >= 0.6 is 0 Å². The van der Waals surface area contributed by atoms with E-state index in [1.54, 1.807) is 33.5 Å². The van der Waals surface area contributed by atoms with Gasteiger partial charge in [-0.2, -0.15) is 0 Å². The fraction of sp³-hybridized carbons (Fsp3) is 0.480. The molecule has 2 aromatic carbocycles. The minimum Gasteiger partial charge on any atom is -0.493 e. The maximum absolute atomic E-state index is 12.5. The molecule has 0 saturated heterocycles. The van der Waals surface area contributed by atoms with Crippen molar-refractivity contribution in [1.82, 2.24) is 5.32 Å². The molecular formula is C25H35NO4. The van der Waals surface area contributed by atoms with Gasteiger partial charge >= 0.3 is 0 Å². The van der Waals surface area contributed by atoms with Crippen LogP contribution < -0.4 is 19.5 Å². The van der Waals surface area contributed by atoms with Crippen molar-refractivity contribution in [2.45, 2.75) is 52.9 Å². The Morgan fingerprint density at radius 3 is 1.87 bits per heavy atom. The quantitative estimate of drug-likeness (QED) is 0.691. The van der Waals surface area contributed by atoms with Gasteiger partial charge in [0.2, 0.25) is 11.7 Å². The summed E-state index contributed by atoms with van der Waals surface area (Å²) in [6, 6.07) is 8.14. The molecule has 0 aliphatic carbocycles. The Labute approximate surface area is 180 Å². The molecule has 0 unspecified atom stereocenters. The summed E-state index contributed by atoms with van der Waals surface area (Å²) in [7, 11) is 4.69. The summed E-state index contributed by atoms with van der Waals surface area (Å²) in [6.07, 6.45) is 1.06. The van der Waals surface area contributed by atoms with E-state index < -0.39 is 0 Å². The summed E-state index contributed by atoms with van der Waals surface area (Å²) in [6.45, 7) is 11.6. The van der Waals surface area contributed by atoms with E-state index in [1.807, 2.05) is 0 Å². The van der Waals surface area contributed by atoms with Gasteiger partial charge in [0.15, 0.2) is 11.5 Å². The minimum absolute atomic E-state index is 0.0362. The van der Waals surface area contributed by atoms with Crippen LogP contribution in [0.1, 0.15) is 48.6 Å². The summed E-state index contributed by atoms with van der Waals surface area (Å²) >= 11 is 0. The molecule has 5 nitrogen and oxygen atoms in total. The Kier molecular flexibility index (Phi) is 7.77. The lowest BCUT2D eigenvalue weighted by atomic mass is 9.83. The molecule has 0 heterocycles. The van der Waals surface area contributed by atoms with Crippen LogP contribution in [0.5, 0.6) is 17.2 Å². The summed E-state index contributed by atoms with van der Waals surface area (Å²) in [5.74, 6) is 1.58. The van der Waals surface area contributed by atoms with Gasteiger partial charge < -0.3 is 19.5 Å². The normalized spacial score (nSPS) is 11.2. The maximum atomic E-state index is 12.5. The van der Waals surface area contributed by atoms with E-state index in [4.69, 9.17) is 14.2 Å². The van der Waals surface area contributed by atoms with Crippen LogP contribution in [0.2, 0.25) is 0 Å². The zero-order chi connectivity index (χ0) is 22.5. The zero-order valence-electron chi connectivity index (χ0n) is 19.6. The van der Waals surface area contributed by atoms with Crippen LogP contribution in [-0.2, 0) is 23.1 Å². The van der Waals surface area contributed by atoms with Gasteiger partial charge in [0, 0.05) is 6.54 Å². The molecule has 0 radical (unpaired) electrons. The summed E-state index contributed by atoms with van der Waals surface area (Å²) in [5.41, 5.74) is 6.13. The molecule has 0 atom stereocenters. The summed E-state index contributed by atoms with van der Waals surface area (Å²) in [4.78, 5) is 12.5. The Morgan fingerprint density at radius 1 is 0.900 bits per heavy atom. The van der Waals surface area contributed by atoms with Crippen molar-refractivity contribution in [2.75, 3.05) is 27.9 Å². The molecule has 30 heavy (non-hydrogen) atoms. The van der Waals surface area contributed by atoms with Crippen molar-refractivity contribution < 1.29 is 19.0 Å². The summed E-state index contributed by atoms with van der Waals surface area (Å²) in [5, 5.41) is 3.03. The van der Waals surface area contributed by atoms with Crippen LogP contribution in [0, 0.1) is 13.8 Å². The predicted octanol–water partition coefficient (Wildman–Crippen LogP) is 4.53. The van der Waals surface area contributed by atoms with E-state index in [9.17, 15) is 4.79 Å². The first kappa shape index (κ1) is 23.6. The van der Waals surface area contributed by atoms with Crippen molar-refractivity contribution in [2.24, 2.45) is 0 Å². The number of rotatable bonds is 8. The van der Waals surface area contributed by atoms with Gasteiger partial charge in [-0.15, -0.1) is 0 Å². The fourth-order valence-corrected chi connectivity index (χ4v) is 3.63. The molecule has 0 aliphatic heterocycles. The third kappa shape index (κ3) is 5.68. The van der Waals surface area contributed by atoms with Crippen LogP contribution in [0.25, 0.3) is 0 Å². The monoisotopic (exact) mass is 413 g/mol. The van der Waals surface area contributed by atoms with E-state index in [0.29, 0.717) is 23.8 Å². The highest BCUT2D eigenvalue weighted by Crippen LogP contribution is 2.38. The van der Waals surface area contributed by atoms with Gasteiger partial charge in [0.05, 0.1) is 27.8 Å². The first-order chi connectivity index (χ1) is 14.1. The average Bonchev–Trinajstić information content (AvgIpc) is 2.68. The number of ether oxygens (including phenoxy) is 3. The molecule has 0 saturated carbocycles. The van der Waals surface area contributed by atoms with Crippen molar-refractivity contribution in [3.8, 4) is 17.2 Å². The number of benzene rings is 2. The van der Waals surface area contributed by atoms with Crippen LogP contribution in [0.3, 0.4) is 0 Å². The molecule has 2 aromatic rings. The Bertz CT molecular complexity index is 848. The van der Waals surface area contributed by atoms with E-state index in [-0.39, 0.29) is 17.7 Å². The maximum Gasteiger partial charge on any atom is 0.224 e. The van der Waals surface area contributed by atoms with Gasteiger partial charge in [-0.1, -0.05) is 32.9 Å². The molecule has 2 rings (SSSR count). The largest absolute Gasteiger partial charge is 0.493 e. The number of methoxy groups -OCH3 is 3.